The molecule has 5 heteroatoms. The van der Waals surface area contributed by atoms with E-state index in [-0.39, 0.29) is 0 Å². The first kappa shape index (κ1) is 18.1. The molecule has 1 atom stereocenters. The molecule has 3 rings (SSSR count). The van der Waals surface area contributed by atoms with Gasteiger partial charge in [0.05, 0.1) is 5.69 Å². The van der Waals surface area contributed by atoms with Gasteiger partial charge in [0.25, 0.3) is 0 Å². The van der Waals surface area contributed by atoms with Crippen LogP contribution < -0.4 is 9.64 Å². The molecule has 1 aliphatic heterocycles. The van der Waals surface area contributed by atoms with Crippen molar-refractivity contribution >= 4 is 17.4 Å². The van der Waals surface area contributed by atoms with Crippen molar-refractivity contribution < 1.29 is 9.84 Å². The summed E-state index contributed by atoms with van der Waals surface area (Å²) in [6, 6.07) is 18.2. The van der Waals surface area contributed by atoms with E-state index >= 15 is 0 Å². The van der Waals surface area contributed by atoms with Gasteiger partial charge in [-0.3, -0.25) is 4.90 Å². The average Bonchev–Trinajstić information content (AvgIpc) is 2.68. The Hall–Kier alpha value is -1.69. The maximum atomic E-state index is 10.2. The Kier molecular flexibility index (Phi) is 6.62. The number of ether oxygens (including phenoxy) is 1. The second-order valence-electron chi connectivity index (χ2n) is 6.24. The number of aliphatic hydroxyl groups excluding tert-OH is 1. The van der Waals surface area contributed by atoms with Crippen molar-refractivity contribution in [2.75, 3.05) is 50.5 Å². The molecule has 2 aromatic carbocycles. The normalized spacial score (nSPS) is 16.6. The van der Waals surface area contributed by atoms with E-state index in [1.165, 1.54) is 10.6 Å². The number of hydrogen-bond acceptors (Lipinski definition) is 5. The van der Waals surface area contributed by atoms with Gasteiger partial charge in [-0.15, -0.1) is 11.8 Å². The molecule has 1 heterocycles. The maximum absolute atomic E-state index is 10.2. The molecule has 2 aromatic rings. The zero-order chi connectivity index (χ0) is 17.5. The molecule has 1 aliphatic rings. The van der Waals surface area contributed by atoms with Crippen LogP contribution in [0, 0.1) is 0 Å². The van der Waals surface area contributed by atoms with Gasteiger partial charge in [0.1, 0.15) is 18.5 Å². The van der Waals surface area contributed by atoms with Gasteiger partial charge in [0.2, 0.25) is 0 Å². The van der Waals surface area contributed by atoms with Crippen molar-refractivity contribution in [2.24, 2.45) is 0 Å². The Morgan fingerprint density at radius 1 is 1.00 bits per heavy atom. The highest BCUT2D eigenvalue weighted by Gasteiger charge is 2.21. The van der Waals surface area contributed by atoms with Crippen LogP contribution in [0.1, 0.15) is 0 Å². The Labute approximate surface area is 154 Å². The Balaban J connectivity index is 1.44. The van der Waals surface area contributed by atoms with Crippen LogP contribution in [0.25, 0.3) is 0 Å². The maximum Gasteiger partial charge on any atom is 0.119 e. The third-order valence-electron chi connectivity index (χ3n) is 4.45. The third kappa shape index (κ3) is 5.14. The SMILES string of the molecule is CSc1ccccc1N1CCN(CC(O)COc2ccccc2)CC1. The number of benzene rings is 2. The monoisotopic (exact) mass is 358 g/mol. The van der Waals surface area contributed by atoms with Crippen molar-refractivity contribution in [3.63, 3.8) is 0 Å². The highest BCUT2D eigenvalue weighted by atomic mass is 32.2. The van der Waals surface area contributed by atoms with E-state index in [0.29, 0.717) is 13.2 Å². The van der Waals surface area contributed by atoms with Crippen LogP contribution in [0.4, 0.5) is 5.69 Å². The molecule has 1 unspecified atom stereocenters. The lowest BCUT2D eigenvalue weighted by Crippen LogP contribution is -2.49. The van der Waals surface area contributed by atoms with Crippen LogP contribution in [0.2, 0.25) is 0 Å². The number of rotatable bonds is 7. The van der Waals surface area contributed by atoms with Gasteiger partial charge >= 0.3 is 0 Å². The first-order valence-electron chi connectivity index (χ1n) is 8.72. The summed E-state index contributed by atoms with van der Waals surface area (Å²) < 4.78 is 5.64. The van der Waals surface area contributed by atoms with E-state index in [1.807, 2.05) is 30.3 Å². The minimum absolute atomic E-state index is 0.333. The molecule has 0 radical (unpaired) electrons. The number of aliphatic hydroxyl groups is 1. The van der Waals surface area contributed by atoms with Crippen LogP contribution in [0.5, 0.6) is 5.75 Å². The first-order chi connectivity index (χ1) is 12.3. The summed E-state index contributed by atoms with van der Waals surface area (Å²) in [7, 11) is 0. The molecule has 0 aromatic heterocycles. The topological polar surface area (TPSA) is 35.9 Å². The summed E-state index contributed by atoms with van der Waals surface area (Å²) in [5.74, 6) is 0.806. The van der Waals surface area contributed by atoms with Crippen LogP contribution in [-0.2, 0) is 0 Å². The molecular weight excluding hydrogens is 332 g/mol. The summed E-state index contributed by atoms with van der Waals surface area (Å²) >= 11 is 1.79. The van der Waals surface area contributed by atoms with Crippen molar-refractivity contribution in [3.05, 3.63) is 54.6 Å². The predicted octanol–water partition coefficient (Wildman–Crippen LogP) is 2.97. The summed E-state index contributed by atoms with van der Waals surface area (Å²) in [6.07, 6.45) is 1.66. The number of para-hydroxylation sites is 2. The van der Waals surface area contributed by atoms with Gasteiger partial charge in [0.15, 0.2) is 0 Å². The Morgan fingerprint density at radius 3 is 2.40 bits per heavy atom. The molecule has 1 fully saturated rings. The molecule has 0 aliphatic carbocycles. The summed E-state index contributed by atoms with van der Waals surface area (Å²) in [4.78, 5) is 6.08. The fourth-order valence-corrected chi connectivity index (χ4v) is 3.74. The molecular formula is C20H26N2O2S. The van der Waals surface area contributed by atoms with Crippen LogP contribution >= 0.6 is 11.8 Å². The summed E-state index contributed by atoms with van der Waals surface area (Å²) in [5, 5.41) is 10.2. The minimum atomic E-state index is -0.467. The Morgan fingerprint density at radius 2 is 1.68 bits per heavy atom. The first-order valence-corrected chi connectivity index (χ1v) is 9.95. The van der Waals surface area contributed by atoms with E-state index in [4.69, 9.17) is 4.74 Å². The zero-order valence-corrected chi connectivity index (χ0v) is 15.5. The number of β-amino-alcohol motifs (C(OH)–C–C–N with tert-alkyl or cyclic N) is 1. The number of nitrogens with zero attached hydrogens (tertiary/aromatic N) is 2. The van der Waals surface area contributed by atoms with Gasteiger partial charge in [0, 0.05) is 37.6 Å². The molecule has 1 N–H and O–H groups in total. The van der Waals surface area contributed by atoms with Crippen LogP contribution in [0.3, 0.4) is 0 Å². The summed E-state index contributed by atoms with van der Waals surface area (Å²) in [5.41, 5.74) is 1.32. The van der Waals surface area contributed by atoms with Crippen molar-refractivity contribution in [2.45, 2.75) is 11.0 Å². The van der Waals surface area contributed by atoms with E-state index in [0.717, 1.165) is 31.9 Å². The van der Waals surface area contributed by atoms with Crippen molar-refractivity contribution in [1.29, 1.82) is 0 Å². The van der Waals surface area contributed by atoms with E-state index in [2.05, 4.69) is 40.3 Å². The second kappa shape index (κ2) is 9.13. The molecule has 4 nitrogen and oxygen atoms in total. The molecule has 25 heavy (non-hydrogen) atoms. The molecule has 1 saturated heterocycles. The fraction of sp³-hybridized carbons (Fsp3) is 0.400. The largest absolute Gasteiger partial charge is 0.491 e. The van der Waals surface area contributed by atoms with E-state index in [9.17, 15) is 5.11 Å². The van der Waals surface area contributed by atoms with Crippen LogP contribution in [-0.4, -0.2) is 61.7 Å². The molecule has 0 saturated carbocycles. The van der Waals surface area contributed by atoms with Crippen LogP contribution in [0.15, 0.2) is 59.5 Å². The van der Waals surface area contributed by atoms with Crippen molar-refractivity contribution in [3.8, 4) is 5.75 Å². The fourth-order valence-electron chi connectivity index (χ4n) is 3.12. The molecule has 134 valence electrons. The zero-order valence-electron chi connectivity index (χ0n) is 14.7. The smallest absolute Gasteiger partial charge is 0.119 e. The number of hydrogen-bond donors (Lipinski definition) is 1. The van der Waals surface area contributed by atoms with E-state index < -0.39 is 6.10 Å². The third-order valence-corrected chi connectivity index (χ3v) is 5.24. The quantitative estimate of drug-likeness (QED) is 0.770. The molecule has 0 spiro atoms. The average molecular weight is 359 g/mol. The lowest BCUT2D eigenvalue weighted by atomic mass is 10.2. The van der Waals surface area contributed by atoms with Gasteiger partial charge in [-0.05, 0) is 30.5 Å². The van der Waals surface area contributed by atoms with Gasteiger partial charge in [-0.1, -0.05) is 30.3 Å². The Bertz CT molecular complexity index is 645. The number of piperazine rings is 1. The van der Waals surface area contributed by atoms with Crippen molar-refractivity contribution in [1.82, 2.24) is 4.90 Å². The van der Waals surface area contributed by atoms with E-state index in [1.54, 1.807) is 11.8 Å². The minimum Gasteiger partial charge on any atom is -0.491 e. The highest BCUT2D eigenvalue weighted by molar-refractivity contribution is 7.98. The van der Waals surface area contributed by atoms with Gasteiger partial charge in [-0.2, -0.15) is 0 Å². The van der Waals surface area contributed by atoms with Gasteiger partial charge < -0.3 is 14.7 Å². The number of anilines is 1. The number of thioether (sulfide) groups is 1. The standard InChI is InChI=1S/C20H26N2O2S/c1-25-20-10-6-5-9-19(20)22-13-11-21(12-14-22)15-17(23)16-24-18-7-3-2-4-8-18/h2-10,17,23H,11-16H2,1H3. The molecule has 0 bridgehead atoms. The van der Waals surface area contributed by atoms with Gasteiger partial charge in [-0.25, -0.2) is 0 Å². The second-order valence-corrected chi connectivity index (χ2v) is 7.09. The molecule has 0 amide bonds. The summed E-state index contributed by atoms with van der Waals surface area (Å²) in [6.45, 7) is 4.90. The predicted molar refractivity (Wildman–Crippen MR) is 105 cm³/mol. The lowest BCUT2D eigenvalue weighted by molar-refractivity contribution is 0.0663. The lowest BCUT2D eigenvalue weighted by Gasteiger charge is -2.37. The highest BCUT2D eigenvalue weighted by Crippen LogP contribution is 2.28.